The summed E-state index contributed by atoms with van der Waals surface area (Å²) in [6.07, 6.45) is 2.51. The molecule has 0 saturated carbocycles. The number of aliphatic carboxylic acids is 1. The van der Waals surface area contributed by atoms with Gasteiger partial charge in [-0.05, 0) is 43.5 Å². The van der Waals surface area contributed by atoms with Crippen molar-refractivity contribution < 1.29 is 19.4 Å². The molecular formula is C19H22N2O4S. The molecule has 1 aliphatic heterocycles. The van der Waals surface area contributed by atoms with E-state index >= 15 is 0 Å². The fourth-order valence-electron chi connectivity index (χ4n) is 3.08. The second-order valence-corrected chi connectivity index (χ2v) is 7.16. The zero-order valence-electron chi connectivity index (χ0n) is 14.7. The van der Waals surface area contributed by atoms with Gasteiger partial charge < -0.3 is 14.7 Å². The number of amides is 1. The molecule has 1 aromatic heterocycles. The summed E-state index contributed by atoms with van der Waals surface area (Å²) < 4.78 is 5.57. The van der Waals surface area contributed by atoms with Crippen molar-refractivity contribution in [1.82, 2.24) is 9.88 Å². The smallest absolute Gasteiger partial charge is 0.305 e. The van der Waals surface area contributed by atoms with Crippen molar-refractivity contribution in [2.45, 2.75) is 38.6 Å². The SMILES string of the molecule is CCCOc1ccc(-c2nc(C(=O)N3CCCC3CC(=O)O)cs2)cc1. The average Bonchev–Trinajstić information content (AvgIpc) is 3.29. The molecule has 1 saturated heterocycles. The monoisotopic (exact) mass is 374 g/mol. The zero-order chi connectivity index (χ0) is 18.5. The molecule has 3 rings (SSSR count). The summed E-state index contributed by atoms with van der Waals surface area (Å²) in [5, 5.41) is 11.5. The summed E-state index contributed by atoms with van der Waals surface area (Å²) >= 11 is 1.41. The van der Waals surface area contributed by atoms with E-state index in [1.165, 1.54) is 11.3 Å². The molecule has 7 heteroatoms. The number of ether oxygens (including phenoxy) is 1. The number of carbonyl (C=O) groups excluding carboxylic acids is 1. The van der Waals surface area contributed by atoms with Crippen molar-refractivity contribution in [3.63, 3.8) is 0 Å². The average molecular weight is 374 g/mol. The van der Waals surface area contributed by atoms with Crippen molar-refractivity contribution >= 4 is 23.2 Å². The lowest BCUT2D eigenvalue weighted by Crippen LogP contribution is -2.37. The molecule has 1 unspecified atom stereocenters. The van der Waals surface area contributed by atoms with Crippen LogP contribution in [0.3, 0.4) is 0 Å². The van der Waals surface area contributed by atoms with Gasteiger partial charge in [-0.1, -0.05) is 6.92 Å². The molecule has 6 nitrogen and oxygen atoms in total. The maximum atomic E-state index is 12.7. The first-order valence-electron chi connectivity index (χ1n) is 8.80. The van der Waals surface area contributed by atoms with Crippen LogP contribution in [-0.4, -0.2) is 46.1 Å². The van der Waals surface area contributed by atoms with Gasteiger partial charge >= 0.3 is 5.97 Å². The standard InChI is InChI=1S/C19H22N2O4S/c1-2-10-25-15-7-5-13(6-8-15)18-20-16(12-26-18)19(24)21-9-3-4-14(21)11-17(22)23/h5-8,12,14H,2-4,9-11H2,1H3,(H,22,23). The summed E-state index contributed by atoms with van der Waals surface area (Å²) in [5.41, 5.74) is 1.31. The number of likely N-dealkylation sites (tertiary alicyclic amines) is 1. The van der Waals surface area contributed by atoms with Gasteiger partial charge in [-0.2, -0.15) is 0 Å². The first-order chi connectivity index (χ1) is 12.6. The van der Waals surface area contributed by atoms with Crippen LogP contribution in [-0.2, 0) is 4.79 Å². The zero-order valence-corrected chi connectivity index (χ0v) is 15.5. The highest BCUT2D eigenvalue weighted by Gasteiger charge is 2.32. The lowest BCUT2D eigenvalue weighted by atomic mass is 10.1. The number of rotatable bonds is 7. The summed E-state index contributed by atoms with van der Waals surface area (Å²) in [6.45, 7) is 3.33. The van der Waals surface area contributed by atoms with Crippen molar-refractivity contribution in [3.05, 3.63) is 35.3 Å². The van der Waals surface area contributed by atoms with Gasteiger partial charge in [0.2, 0.25) is 0 Å². The fraction of sp³-hybridized carbons (Fsp3) is 0.421. The Labute approximate surface area is 156 Å². The molecule has 2 aromatic rings. The number of hydrogen-bond acceptors (Lipinski definition) is 5. The van der Waals surface area contributed by atoms with E-state index in [2.05, 4.69) is 11.9 Å². The van der Waals surface area contributed by atoms with Crippen molar-refractivity contribution in [3.8, 4) is 16.3 Å². The Bertz CT molecular complexity index is 772. The van der Waals surface area contributed by atoms with E-state index in [9.17, 15) is 9.59 Å². The number of nitrogens with zero attached hydrogens (tertiary/aromatic N) is 2. The largest absolute Gasteiger partial charge is 0.494 e. The fourth-order valence-corrected chi connectivity index (χ4v) is 3.88. The van der Waals surface area contributed by atoms with Gasteiger partial charge in [0.25, 0.3) is 5.91 Å². The molecule has 1 amide bonds. The van der Waals surface area contributed by atoms with Gasteiger partial charge in [-0.15, -0.1) is 11.3 Å². The molecule has 1 aliphatic rings. The third kappa shape index (κ3) is 4.22. The van der Waals surface area contributed by atoms with Gasteiger partial charge in [-0.25, -0.2) is 4.98 Å². The van der Waals surface area contributed by atoms with Gasteiger partial charge in [-0.3, -0.25) is 9.59 Å². The number of hydrogen-bond donors (Lipinski definition) is 1. The van der Waals surface area contributed by atoms with E-state index in [1.807, 2.05) is 24.3 Å². The molecular weight excluding hydrogens is 352 g/mol. The Morgan fingerprint density at radius 3 is 2.81 bits per heavy atom. The van der Waals surface area contributed by atoms with Gasteiger partial charge in [0.1, 0.15) is 16.5 Å². The maximum Gasteiger partial charge on any atom is 0.305 e. The third-order valence-corrected chi connectivity index (χ3v) is 5.24. The van der Waals surface area contributed by atoms with Crippen LogP contribution in [0.25, 0.3) is 10.6 Å². The lowest BCUT2D eigenvalue weighted by Gasteiger charge is -2.22. The highest BCUT2D eigenvalue weighted by molar-refractivity contribution is 7.13. The molecule has 1 aromatic carbocycles. The number of thiazole rings is 1. The topological polar surface area (TPSA) is 79.7 Å². The summed E-state index contributed by atoms with van der Waals surface area (Å²) in [5.74, 6) is -0.241. The highest BCUT2D eigenvalue weighted by Crippen LogP contribution is 2.28. The molecule has 138 valence electrons. The lowest BCUT2D eigenvalue weighted by molar-refractivity contribution is -0.137. The van der Waals surface area contributed by atoms with Crippen LogP contribution < -0.4 is 4.74 Å². The second kappa shape index (κ2) is 8.31. The Morgan fingerprint density at radius 2 is 2.12 bits per heavy atom. The van der Waals surface area contributed by atoms with E-state index < -0.39 is 5.97 Å². The van der Waals surface area contributed by atoms with E-state index in [0.717, 1.165) is 35.6 Å². The third-order valence-electron chi connectivity index (χ3n) is 4.35. The number of carbonyl (C=O) groups is 2. The van der Waals surface area contributed by atoms with E-state index in [0.29, 0.717) is 18.8 Å². The maximum absolute atomic E-state index is 12.7. The molecule has 2 heterocycles. The molecule has 1 fully saturated rings. The number of benzene rings is 1. The quantitative estimate of drug-likeness (QED) is 0.800. The Kier molecular flexibility index (Phi) is 5.88. The predicted octanol–water partition coefficient (Wildman–Crippen LogP) is 3.68. The molecule has 1 N–H and O–H groups in total. The minimum absolute atomic E-state index is 0.0119. The first-order valence-corrected chi connectivity index (χ1v) is 9.68. The van der Waals surface area contributed by atoms with Crippen molar-refractivity contribution in [1.29, 1.82) is 0 Å². The van der Waals surface area contributed by atoms with E-state index in [-0.39, 0.29) is 18.4 Å². The minimum Gasteiger partial charge on any atom is -0.494 e. The Morgan fingerprint density at radius 1 is 1.35 bits per heavy atom. The van der Waals surface area contributed by atoms with Crippen LogP contribution in [0.15, 0.2) is 29.6 Å². The van der Waals surface area contributed by atoms with Crippen LogP contribution in [0.5, 0.6) is 5.75 Å². The summed E-state index contributed by atoms with van der Waals surface area (Å²) in [7, 11) is 0. The summed E-state index contributed by atoms with van der Waals surface area (Å²) in [4.78, 5) is 29.8. The normalized spacial score (nSPS) is 16.7. The Balaban J connectivity index is 1.71. The van der Waals surface area contributed by atoms with Gasteiger partial charge in [0.05, 0.1) is 13.0 Å². The van der Waals surface area contributed by atoms with Crippen LogP contribution in [0.1, 0.15) is 43.1 Å². The minimum atomic E-state index is -0.876. The van der Waals surface area contributed by atoms with Crippen molar-refractivity contribution in [2.24, 2.45) is 0 Å². The predicted molar refractivity (Wildman–Crippen MR) is 99.6 cm³/mol. The first kappa shape index (κ1) is 18.4. The Hall–Kier alpha value is -2.41. The number of aromatic nitrogens is 1. The van der Waals surface area contributed by atoms with Crippen LogP contribution in [0, 0.1) is 0 Å². The van der Waals surface area contributed by atoms with Crippen LogP contribution >= 0.6 is 11.3 Å². The number of carboxylic acids is 1. The summed E-state index contributed by atoms with van der Waals surface area (Å²) in [6, 6.07) is 7.43. The molecule has 1 atom stereocenters. The molecule has 0 spiro atoms. The number of carboxylic acid groups (broad SMARTS) is 1. The van der Waals surface area contributed by atoms with Crippen LogP contribution in [0.4, 0.5) is 0 Å². The van der Waals surface area contributed by atoms with Crippen LogP contribution in [0.2, 0.25) is 0 Å². The highest BCUT2D eigenvalue weighted by atomic mass is 32.1. The van der Waals surface area contributed by atoms with Crippen molar-refractivity contribution in [2.75, 3.05) is 13.2 Å². The van der Waals surface area contributed by atoms with Gasteiger partial charge in [0.15, 0.2) is 0 Å². The van der Waals surface area contributed by atoms with E-state index in [4.69, 9.17) is 9.84 Å². The second-order valence-electron chi connectivity index (χ2n) is 6.30. The molecule has 0 aliphatic carbocycles. The van der Waals surface area contributed by atoms with E-state index in [1.54, 1.807) is 10.3 Å². The van der Waals surface area contributed by atoms with Gasteiger partial charge in [0, 0.05) is 23.5 Å². The molecule has 0 bridgehead atoms. The molecule has 26 heavy (non-hydrogen) atoms. The molecule has 0 radical (unpaired) electrons.